The van der Waals surface area contributed by atoms with Gasteiger partial charge in [-0.25, -0.2) is 0 Å². The van der Waals surface area contributed by atoms with Crippen LogP contribution >= 0.6 is 68.0 Å². The molecule has 0 radical (unpaired) electrons. The molecule has 0 amide bonds. The Morgan fingerprint density at radius 1 is 0.529 bits per heavy atom. The van der Waals surface area contributed by atoms with Crippen LogP contribution in [0.25, 0.3) is 59.9 Å². The molecule has 6 aromatic rings. The molecule has 0 aliphatic carbocycles. The molecular weight excluding hydrogens is 537 g/mol. The van der Waals surface area contributed by atoms with E-state index < -0.39 is 0 Å². The van der Waals surface area contributed by atoms with E-state index in [4.69, 9.17) is 0 Å². The van der Waals surface area contributed by atoms with Gasteiger partial charge in [0.1, 0.15) is 12.6 Å². The predicted molar refractivity (Wildman–Crippen MR) is 157 cm³/mol. The van der Waals surface area contributed by atoms with Gasteiger partial charge in [0, 0.05) is 29.3 Å². The van der Waals surface area contributed by atoms with E-state index in [9.17, 15) is 9.59 Å². The highest BCUT2D eigenvalue weighted by Crippen LogP contribution is 2.55. The molecule has 6 rings (SSSR count). The van der Waals surface area contributed by atoms with Crippen LogP contribution in [0.4, 0.5) is 0 Å². The Balaban J connectivity index is 1.45. The number of aldehydes is 2. The van der Waals surface area contributed by atoms with E-state index in [0.29, 0.717) is 0 Å². The molecule has 0 aromatic carbocycles. The summed E-state index contributed by atoms with van der Waals surface area (Å²) in [5, 5.41) is 0. The van der Waals surface area contributed by atoms with Crippen LogP contribution in [0.2, 0.25) is 0 Å². The molecule has 0 spiro atoms. The molecule has 6 heterocycles. The first-order chi connectivity index (χ1) is 16.6. The molecule has 0 fully saturated rings. The number of rotatable bonds is 6. The van der Waals surface area contributed by atoms with Gasteiger partial charge in [-0.15, -0.1) is 68.0 Å². The molecule has 0 unspecified atom stereocenters. The summed E-state index contributed by atoms with van der Waals surface area (Å²) in [7, 11) is 0. The third-order valence-corrected chi connectivity index (χ3v) is 14.0. The zero-order valence-electron chi connectivity index (χ0n) is 18.0. The number of fused-ring (bicyclic) bond motifs is 5. The van der Waals surface area contributed by atoms with E-state index in [1.807, 2.05) is 57.5 Å². The first-order valence-corrected chi connectivity index (χ1v) is 15.3. The SMILES string of the molecule is Cc1c(-c2ccc(/C=C/C=O)s2)sc2c1sc1c3sc(-c4ccc(/C=C/C=O)s4)c(C)c3sc21. The first kappa shape index (κ1) is 22.3. The molecule has 0 bridgehead atoms. The topological polar surface area (TPSA) is 34.1 Å². The standard InChI is InChI=1S/C26H16O2S6/c1-13-19(17-9-7-15(29-17)5-3-11-27)31-23-21(13)33-26-24-22(34-25(23)26)14(2)20(32-24)18-10-8-16(30-18)6-4-12-28/h3-12H,1-2H3/b5-3+,6-4+. The predicted octanol–water partition coefficient (Wildman–Crippen LogP) is 9.89. The summed E-state index contributed by atoms with van der Waals surface area (Å²) in [5.74, 6) is 0. The third-order valence-electron chi connectivity index (χ3n) is 5.59. The lowest BCUT2D eigenvalue weighted by molar-refractivity contribution is -0.104. The van der Waals surface area contributed by atoms with Gasteiger partial charge < -0.3 is 0 Å². The van der Waals surface area contributed by atoms with Crippen molar-refractivity contribution in [3.05, 3.63) is 57.3 Å². The molecule has 34 heavy (non-hydrogen) atoms. The molecule has 168 valence electrons. The van der Waals surface area contributed by atoms with Crippen LogP contribution in [0.3, 0.4) is 0 Å². The van der Waals surface area contributed by atoms with E-state index in [1.54, 1.807) is 34.8 Å². The Labute approximate surface area is 219 Å². The maximum atomic E-state index is 10.6. The fraction of sp³-hybridized carbons (Fsp3) is 0.0769. The lowest BCUT2D eigenvalue weighted by atomic mass is 10.2. The van der Waals surface area contributed by atoms with Crippen molar-refractivity contribution in [2.75, 3.05) is 0 Å². The van der Waals surface area contributed by atoms with E-state index >= 15 is 0 Å². The second-order valence-electron chi connectivity index (χ2n) is 7.69. The Morgan fingerprint density at radius 2 is 0.941 bits per heavy atom. The summed E-state index contributed by atoms with van der Waals surface area (Å²) < 4.78 is 8.41. The second-order valence-corrected chi connectivity index (χ2v) is 14.0. The molecule has 0 aliphatic rings. The molecule has 8 heteroatoms. The van der Waals surface area contributed by atoms with Crippen molar-refractivity contribution in [3.8, 4) is 19.5 Å². The van der Waals surface area contributed by atoms with Gasteiger partial charge in [0.05, 0.1) is 28.2 Å². The summed E-state index contributed by atoms with van der Waals surface area (Å²) in [4.78, 5) is 28.7. The van der Waals surface area contributed by atoms with Gasteiger partial charge in [-0.05, 0) is 73.5 Å². The van der Waals surface area contributed by atoms with Gasteiger partial charge in [0.15, 0.2) is 0 Å². The van der Waals surface area contributed by atoms with E-state index in [2.05, 4.69) is 38.1 Å². The number of allylic oxidation sites excluding steroid dienone is 2. The van der Waals surface area contributed by atoms with Crippen LogP contribution in [-0.4, -0.2) is 12.6 Å². The zero-order valence-corrected chi connectivity index (χ0v) is 22.9. The maximum Gasteiger partial charge on any atom is 0.142 e. The minimum Gasteiger partial charge on any atom is -0.299 e. The molecule has 0 saturated carbocycles. The van der Waals surface area contributed by atoms with Crippen LogP contribution in [0.1, 0.15) is 20.9 Å². The number of thiophene rings is 6. The Morgan fingerprint density at radius 3 is 1.35 bits per heavy atom. The fourth-order valence-electron chi connectivity index (χ4n) is 4.00. The van der Waals surface area contributed by atoms with E-state index in [-0.39, 0.29) is 0 Å². The van der Waals surface area contributed by atoms with Crippen LogP contribution in [0.15, 0.2) is 36.4 Å². The smallest absolute Gasteiger partial charge is 0.142 e. The highest BCUT2D eigenvalue weighted by molar-refractivity contribution is 7.46. The van der Waals surface area contributed by atoms with Crippen molar-refractivity contribution < 1.29 is 9.59 Å². The molecule has 0 aliphatic heterocycles. The summed E-state index contributed by atoms with van der Waals surface area (Å²) in [5.41, 5.74) is 2.71. The van der Waals surface area contributed by atoms with Crippen LogP contribution in [0, 0.1) is 13.8 Å². The largest absolute Gasteiger partial charge is 0.299 e. The van der Waals surface area contributed by atoms with Crippen LogP contribution in [0.5, 0.6) is 0 Å². The van der Waals surface area contributed by atoms with Gasteiger partial charge in [0.2, 0.25) is 0 Å². The van der Waals surface area contributed by atoms with E-state index in [1.165, 1.54) is 58.8 Å². The summed E-state index contributed by atoms with van der Waals surface area (Å²) in [6.07, 6.45) is 8.47. The third kappa shape index (κ3) is 3.52. The average molecular weight is 553 g/mol. The van der Waals surface area contributed by atoms with Crippen molar-refractivity contribution >= 4 is 121 Å². The summed E-state index contributed by atoms with van der Waals surface area (Å²) >= 11 is 11.1. The molecule has 6 aromatic heterocycles. The fourth-order valence-corrected chi connectivity index (χ4v) is 12.2. The van der Waals surface area contributed by atoms with Crippen molar-refractivity contribution in [2.45, 2.75) is 13.8 Å². The summed E-state index contributed by atoms with van der Waals surface area (Å²) in [6.45, 7) is 4.47. The minimum atomic E-state index is 0.820. The molecule has 0 N–H and O–H groups in total. The van der Waals surface area contributed by atoms with Gasteiger partial charge in [0.25, 0.3) is 0 Å². The summed E-state index contributed by atoms with van der Waals surface area (Å²) in [6, 6.07) is 8.49. The average Bonchev–Trinajstić information content (AvgIpc) is 3.64. The van der Waals surface area contributed by atoms with Gasteiger partial charge in [-0.1, -0.05) is 0 Å². The lowest BCUT2D eigenvalue weighted by Gasteiger charge is -1.94. The van der Waals surface area contributed by atoms with Gasteiger partial charge >= 0.3 is 0 Å². The number of hydrogen-bond donors (Lipinski definition) is 0. The number of carbonyl (C=O) groups excluding carboxylic acids is 2. The van der Waals surface area contributed by atoms with Gasteiger partial charge in [-0.3, -0.25) is 9.59 Å². The van der Waals surface area contributed by atoms with Crippen LogP contribution in [-0.2, 0) is 9.59 Å². The number of hydrogen-bond acceptors (Lipinski definition) is 8. The molecule has 0 atom stereocenters. The van der Waals surface area contributed by atoms with Crippen molar-refractivity contribution in [2.24, 2.45) is 0 Å². The van der Waals surface area contributed by atoms with Crippen molar-refractivity contribution in [1.29, 1.82) is 0 Å². The monoisotopic (exact) mass is 552 g/mol. The van der Waals surface area contributed by atoms with Crippen molar-refractivity contribution in [1.82, 2.24) is 0 Å². The quantitative estimate of drug-likeness (QED) is 0.152. The number of aryl methyl sites for hydroxylation is 2. The highest BCUT2D eigenvalue weighted by atomic mass is 32.1. The minimum absolute atomic E-state index is 0.820. The molecule has 0 saturated heterocycles. The Bertz CT molecular complexity index is 1640. The van der Waals surface area contributed by atoms with E-state index in [0.717, 1.165) is 22.3 Å². The Hall–Kier alpha value is -2.20. The van der Waals surface area contributed by atoms with Crippen molar-refractivity contribution in [3.63, 3.8) is 0 Å². The van der Waals surface area contributed by atoms with Gasteiger partial charge in [-0.2, -0.15) is 0 Å². The second kappa shape index (κ2) is 8.78. The Kier molecular flexibility index (Phi) is 5.76. The maximum absolute atomic E-state index is 10.6. The van der Waals surface area contributed by atoms with Crippen LogP contribution < -0.4 is 0 Å². The number of carbonyl (C=O) groups is 2. The normalized spacial score (nSPS) is 12.4. The first-order valence-electron chi connectivity index (χ1n) is 10.4. The highest BCUT2D eigenvalue weighted by Gasteiger charge is 2.23. The lowest BCUT2D eigenvalue weighted by Crippen LogP contribution is -1.68. The zero-order chi connectivity index (χ0) is 23.4. The molecular formula is C26H16O2S6. The molecule has 2 nitrogen and oxygen atoms in total.